The SMILES string of the molecule is CC1=C(C)C(C)(C)N(C(C)(C)C)C1(C)C.CC1=C(C)C(C)(C)N(C)C1(C)C.CC1=C(C)C(C)(C)N(c2c(C)cccc2C)C1(C)C.CC1=C(C)C(C)(C)N(c2ccccc2)C1(C)C.CC1=C(C)C(C)(C)OC1(C)C.CC1=C(C)C(C)(C)SC1(C)C. The molecule has 0 fully saturated rings. The summed E-state index contributed by atoms with van der Waals surface area (Å²) in [5, 5.41) is 0. The first kappa shape index (κ1) is 76.0. The van der Waals surface area contributed by atoms with Gasteiger partial charge in [-0.05, 0) is 348 Å². The highest BCUT2D eigenvalue weighted by atomic mass is 32.2. The molecule has 0 radical (unpaired) electrons. The minimum Gasteiger partial charge on any atom is -0.361 e. The second kappa shape index (κ2) is 24.5. The number of ether oxygens (including phenoxy) is 1. The molecule has 2 aromatic carbocycles. The Hall–Kier alpha value is -3.29. The van der Waals surface area contributed by atoms with Crippen LogP contribution in [-0.4, -0.2) is 87.4 Å². The molecule has 0 aliphatic carbocycles. The first-order valence-corrected chi connectivity index (χ1v) is 33.2. The molecule has 0 unspecified atom stereocenters. The molecule has 0 atom stereocenters. The van der Waals surface area contributed by atoms with Gasteiger partial charge in [-0.2, -0.15) is 0 Å². The van der Waals surface area contributed by atoms with Gasteiger partial charge in [-0.3, -0.25) is 9.80 Å². The Kier molecular flexibility index (Phi) is 21.9. The molecule has 0 amide bonds. The van der Waals surface area contributed by atoms with Gasteiger partial charge >= 0.3 is 0 Å². The van der Waals surface area contributed by atoms with E-state index in [0.717, 1.165) is 0 Å². The van der Waals surface area contributed by atoms with Gasteiger partial charge in [0.05, 0.1) is 33.4 Å². The van der Waals surface area contributed by atoms with Crippen molar-refractivity contribution in [3.8, 4) is 0 Å². The molecule has 0 saturated heterocycles. The van der Waals surface area contributed by atoms with Crippen molar-refractivity contribution in [3.63, 3.8) is 0 Å². The third kappa shape index (κ3) is 14.0. The van der Waals surface area contributed by atoms with Crippen LogP contribution in [-0.2, 0) is 4.74 Å². The number of anilines is 2. The number of likely N-dealkylation sites (N-methyl/N-ethyl adjacent to an activating group) is 1. The Balaban J connectivity index is 0.000000271. The summed E-state index contributed by atoms with van der Waals surface area (Å²) in [5.74, 6) is 0. The number of benzene rings is 2. The lowest BCUT2D eigenvalue weighted by Gasteiger charge is -2.51. The van der Waals surface area contributed by atoms with E-state index >= 15 is 0 Å². The molecule has 8 rings (SSSR count). The number of hydrogen-bond acceptors (Lipinski definition) is 6. The van der Waals surface area contributed by atoms with Crippen molar-refractivity contribution >= 4 is 23.1 Å². The lowest BCUT2D eigenvalue weighted by Crippen LogP contribution is -2.59. The predicted octanol–water partition coefficient (Wildman–Crippen LogP) is 22.8. The number of para-hydroxylation sites is 2. The summed E-state index contributed by atoms with van der Waals surface area (Å²) in [4.78, 5) is 10.2. The van der Waals surface area contributed by atoms with E-state index in [4.69, 9.17) is 4.74 Å². The summed E-state index contributed by atoms with van der Waals surface area (Å²) in [6.07, 6.45) is 0. The van der Waals surface area contributed by atoms with Gasteiger partial charge in [0.2, 0.25) is 0 Å². The van der Waals surface area contributed by atoms with Crippen LogP contribution < -0.4 is 9.80 Å². The molecular weight excluding hydrogens is 1050 g/mol. The number of nitrogens with zero attached hydrogens (tertiary/aromatic N) is 4. The highest BCUT2D eigenvalue weighted by Crippen LogP contribution is 2.54. The molecule has 482 valence electrons. The van der Waals surface area contributed by atoms with Crippen LogP contribution in [0, 0.1) is 13.8 Å². The van der Waals surface area contributed by atoms with Gasteiger partial charge in [-0.1, -0.05) is 69.8 Å². The van der Waals surface area contributed by atoms with Crippen molar-refractivity contribution in [1.82, 2.24) is 9.80 Å². The summed E-state index contributed by atoms with van der Waals surface area (Å²) in [5.41, 5.74) is 24.6. The van der Waals surface area contributed by atoms with E-state index in [1.54, 1.807) is 11.1 Å². The lowest BCUT2D eigenvalue weighted by molar-refractivity contribution is -0.0563. The smallest absolute Gasteiger partial charge is 0.0848 e. The second-order valence-electron chi connectivity index (χ2n) is 33.5. The summed E-state index contributed by atoms with van der Waals surface area (Å²) < 4.78 is 6.60. The van der Waals surface area contributed by atoms with Gasteiger partial charge < -0.3 is 14.5 Å². The fourth-order valence-electron chi connectivity index (χ4n) is 16.0. The van der Waals surface area contributed by atoms with Crippen molar-refractivity contribution in [1.29, 1.82) is 0 Å². The Bertz CT molecular complexity index is 2760. The molecule has 2 aromatic rings. The van der Waals surface area contributed by atoms with E-state index in [-0.39, 0.29) is 61.1 Å². The second-order valence-corrected chi connectivity index (χ2v) is 35.8. The monoisotopic (exact) mass is 1190 g/mol. The number of hydrogen-bond donors (Lipinski definition) is 0. The summed E-state index contributed by atoms with van der Waals surface area (Å²) in [6, 6.07) is 17.3. The molecule has 0 spiro atoms. The van der Waals surface area contributed by atoms with Crippen LogP contribution in [0.25, 0.3) is 0 Å². The van der Waals surface area contributed by atoms with E-state index in [1.165, 1.54) is 78.2 Å². The van der Waals surface area contributed by atoms with Gasteiger partial charge in [-0.15, -0.1) is 11.8 Å². The van der Waals surface area contributed by atoms with Crippen LogP contribution in [0.3, 0.4) is 0 Å². The Morgan fingerprint density at radius 1 is 0.318 bits per heavy atom. The van der Waals surface area contributed by atoms with Crippen molar-refractivity contribution < 1.29 is 4.74 Å². The highest BCUT2D eigenvalue weighted by molar-refractivity contribution is 8.02. The minimum absolute atomic E-state index is 0.0619. The average molecular weight is 1190 g/mol. The van der Waals surface area contributed by atoms with Crippen molar-refractivity contribution in [2.24, 2.45) is 0 Å². The molecule has 6 heteroatoms. The Labute approximate surface area is 532 Å². The first-order chi connectivity index (χ1) is 37.6. The number of thioether (sulfide) groups is 1. The fourth-order valence-corrected chi connectivity index (χ4v) is 17.9. The Morgan fingerprint density at radius 3 is 0.800 bits per heavy atom. The molecule has 6 aliphatic rings. The van der Waals surface area contributed by atoms with E-state index in [1.807, 2.05) is 0 Å². The molecule has 0 saturated carbocycles. The quantitative estimate of drug-likeness (QED) is 0.278. The van der Waals surface area contributed by atoms with Crippen LogP contribution in [0.4, 0.5) is 11.4 Å². The lowest BCUT2D eigenvalue weighted by atomic mass is 9.90. The first-order valence-electron chi connectivity index (χ1n) is 32.4. The molecular formula is C79H134N4OS. The zero-order chi connectivity index (χ0) is 67.1. The Morgan fingerprint density at radius 2 is 0.588 bits per heavy atom. The zero-order valence-corrected chi connectivity index (χ0v) is 64.5. The van der Waals surface area contributed by atoms with Gasteiger partial charge in [0.15, 0.2) is 0 Å². The van der Waals surface area contributed by atoms with Gasteiger partial charge in [0.1, 0.15) is 0 Å². The van der Waals surface area contributed by atoms with Crippen LogP contribution in [0.1, 0.15) is 281 Å². The van der Waals surface area contributed by atoms with Gasteiger partial charge in [-0.25, -0.2) is 0 Å². The molecule has 0 aromatic heterocycles. The molecule has 5 nitrogen and oxygen atoms in total. The topological polar surface area (TPSA) is 22.2 Å². The molecule has 85 heavy (non-hydrogen) atoms. The van der Waals surface area contributed by atoms with Gasteiger partial charge in [0.25, 0.3) is 0 Å². The summed E-state index contributed by atoms with van der Waals surface area (Å²) >= 11 is 2.07. The fraction of sp³-hybridized carbons (Fsp3) is 0.696. The van der Waals surface area contributed by atoms with Crippen LogP contribution in [0.15, 0.2) is 115 Å². The molecule has 6 heterocycles. The normalized spacial score (nSPS) is 25.0. The zero-order valence-electron chi connectivity index (χ0n) is 63.7. The maximum absolute atomic E-state index is 5.89. The highest BCUT2D eigenvalue weighted by Gasteiger charge is 2.53. The van der Waals surface area contributed by atoms with Crippen molar-refractivity contribution in [2.75, 3.05) is 16.8 Å². The third-order valence-electron chi connectivity index (χ3n) is 23.7. The van der Waals surface area contributed by atoms with Crippen LogP contribution in [0.2, 0.25) is 0 Å². The average Bonchev–Trinajstić information content (AvgIpc) is 3.80. The van der Waals surface area contributed by atoms with Crippen molar-refractivity contribution in [2.45, 2.75) is 354 Å². The minimum atomic E-state index is -0.0619. The number of aryl methyl sites for hydroxylation is 2. The van der Waals surface area contributed by atoms with Crippen LogP contribution in [0.5, 0.6) is 0 Å². The standard InChI is InChI=1S/C18H27N.C16H23N.C14H27N.C11H21N.C10H18O.C10H18S/c1-12-10-9-11-13(2)16(12)19-17(5,6)14(3)15(4)18(19,7)8;1-12-13(2)16(5,6)17(15(12,3)4)14-10-8-7-9-11-14;1-10-11(2)14(8,9)15(12(3,4)5)13(10,6)7;1-8-9(2)11(5,6)12(7)10(8,3)4;2*1-7-8(2)10(5,6)11-9(7,3)4/h9-11H,1-8H3;7-11H,1-6H3;1-9H3;1-7H3;2*1-6H3. The molecule has 0 bridgehead atoms. The molecule has 6 aliphatic heterocycles. The van der Waals surface area contributed by atoms with E-state index < -0.39 is 0 Å². The maximum atomic E-state index is 5.89. The third-order valence-corrected chi connectivity index (χ3v) is 25.4. The van der Waals surface area contributed by atoms with Crippen LogP contribution >= 0.6 is 11.8 Å². The summed E-state index contributed by atoms with van der Waals surface area (Å²) in [6.45, 7) is 93.2. The summed E-state index contributed by atoms with van der Waals surface area (Å²) in [7, 11) is 2.21. The largest absolute Gasteiger partial charge is 0.361 e. The van der Waals surface area contributed by atoms with E-state index in [0.29, 0.717) is 9.49 Å². The van der Waals surface area contributed by atoms with Crippen molar-refractivity contribution in [3.05, 3.63) is 127 Å². The van der Waals surface area contributed by atoms with E-state index in [9.17, 15) is 0 Å². The van der Waals surface area contributed by atoms with E-state index in [2.05, 4.69) is 371 Å². The maximum Gasteiger partial charge on any atom is 0.0848 e. The predicted molar refractivity (Wildman–Crippen MR) is 385 cm³/mol. The molecule has 0 N–H and O–H groups in total. The number of rotatable bonds is 2. The van der Waals surface area contributed by atoms with Gasteiger partial charge in [0, 0.05) is 48.6 Å².